The van der Waals surface area contributed by atoms with Crippen LogP contribution >= 0.6 is 0 Å². The molecule has 0 aromatic rings. The molecule has 5 heteroatoms. The van der Waals surface area contributed by atoms with Crippen molar-refractivity contribution in [3.05, 3.63) is 0 Å². The Labute approximate surface area is 99.2 Å². The van der Waals surface area contributed by atoms with Gasteiger partial charge in [0.1, 0.15) is 0 Å². The van der Waals surface area contributed by atoms with E-state index < -0.39 is 10.0 Å². The van der Waals surface area contributed by atoms with E-state index in [1.165, 1.54) is 6.42 Å². The fraction of sp³-hybridized carbons (Fsp3) is 1.00. The van der Waals surface area contributed by atoms with Crippen LogP contribution in [0.2, 0.25) is 0 Å². The lowest BCUT2D eigenvalue weighted by Crippen LogP contribution is -2.35. The second-order valence-corrected chi connectivity index (χ2v) is 7.30. The molecule has 0 radical (unpaired) electrons. The van der Waals surface area contributed by atoms with Crippen LogP contribution in [0.4, 0.5) is 0 Å². The van der Waals surface area contributed by atoms with Crippen molar-refractivity contribution in [2.75, 3.05) is 18.8 Å². The van der Waals surface area contributed by atoms with Gasteiger partial charge in [-0.05, 0) is 24.7 Å². The van der Waals surface area contributed by atoms with Crippen LogP contribution in [-0.2, 0) is 10.0 Å². The Kier molecular flexibility index (Phi) is 4.76. The van der Waals surface area contributed by atoms with Gasteiger partial charge >= 0.3 is 0 Å². The molecule has 96 valence electrons. The Morgan fingerprint density at radius 1 is 1.38 bits per heavy atom. The number of rotatable bonds is 6. The molecule has 1 fully saturated rings. The number of nitrogens with one attached hydrogen (secondary N) is 2. The molecule has 0 spiro atoms. The molecule has 16 heavy (non-hydrogen) atoms. The summed E-state index contributed by atoms with van der Waals surface area (Å²) in [6, 6.07) is 0.492. The van der Waals surface area contributed by atoms with E-state index in [9.17, 15) is 8.42 Å². The highest BCUT2D eigenvalue weighted by Crippen LogP contribution is 2.36. The van der Waals surface area contributed by atoms with Gasteiger partial charge in [-0.25, -0.2) is 13.1 Å². The molecular weight excluding hydrogens is 224 g/mol. The predicted molar refractivity (Wildman–Crippen MR) is 66.9 cm³/mol. The van der Waals surface area contributed by atoms with Gasteiger partial charge in [0.05, 0.1) is 5.75 Å². The molecule has 1 rings (SSSR count). The molecule has 0 aromatic carbocycles. The lowest BCUT2D eigenvalue weighted by molar-refractivity contribution is 0.366. The fourth-order valence-electron chi connectivity index (χ4n) is 2.30. The van der Waals surface area contributed by atoms with Crippen LogP contribution in [0.3, 0.4) is 0 Å². The molecule has 0 bridgehead atoms. The lowest BCUT2D eigenvalue weighted by Gasteiger charge is -2.17. The van der Waals surface area contributed by atoms with E-state index in [4.69, 9.17) is 0 Å². The molecule has 1 atom stereocenters. The minimum Gasteiger partial charge on any atom is -0.313 e. The molecule has 1 aliphatic carbocycles. The smallest absolute Gasteiger partial charge is 0.212 e. The van der Waals surface area contributed by atoms with Crippen LogP contribution in [0, 0.1) is 5.41 Å². The average molecular weight is 248 g/mol. The monoisotopic (exact) mass is 248 g/mol. The minimum absolute atomic E-state index is 0.178. The van der Waals surface area contributed by atoms with E-state index in [0.29, 0.717) is 24.5 Å². The summed E-state index contributed by atoms with van der Waals surface area (Å²) in [5, 5.41) is 3.33. The first-order valence-corrected chi connectivity index (χ1v) is 7.70. The van der Waals surface area contributed by atoms with Crippen molar-refractivity contribution < 1.29 is 8.42 Å². The molecule has 0 aliphatic heterocycles. The lowest BCUT2D eigenvalue weighted by atomic mass is 9.92. The summed E-state index contributed by atoms with van der Waals surface area (Å²) in [5.74, 6) is 0.178. The van der Waals surface area contributed by atoms with Crippen molar-refractivity contribution in [1.82, 2.24) is 10.0 Å². The van der Waals surface area contributed by atoms with E-state index in [2.05, 4.69) is 23.9 Å². The maximum Gasteiger partial charge on any atom is 0.212 e. The quantitative estimate of drug-likeness (QED) is 0.740. The molecule has 0 saturated heterocycles. The van der Waals surface area contributed by atoms with Crippen molar-refractivity contribution in [3.63, 3.8) is 0 Å². The molecular formula is C11H24N2O2S. The molecule has 0 heterocycles. The van der Waals surface area contributed by atoms with E-state index in [1.54, 1.807) is 6.92 Å². The third kappa shape index (κ3) is 4.80. The summed E-state index contributed by atoms with van der Waals surface area (Å²) in [7, 11) is -3.06. The predicted octanol–water partition coefficient (Wildman–Crippen LogP) is 1.09. The molecule has 0 amide bonds. The maximum atomic E-state index is 11.4. The summed E-state index contributed by atoms with van der Waals surface area (Å²) >= 11 is 0. The first kappa shape index (κ1) is 13.9. The average Bonchev–Trinajstić information content (AvgIpc) is 2.45. The zero-order valence-electron chi connectivity index (χ0n) is 10.5. The van der Waals surface area contributed by atoms with Gasteiger partial charge in [0, 0.05) is 19.1 Å². The van der Waals surface area contributed by atoms with Gasteiger partial charge in [0.2, 0.25) is 10.0 Å². The third-order valence-electron chi connectivity index (χ3n) is 3.14. The van der Waals surface area contributed by atoms with Crippen molar-refractivity contribution in [2.45, 2.75) is 46.1 Å². The van der Waals surface area contributed by atoms with Gasteiger partial charge in [-0.15, -0.1) is 0 Å². The summed E-state index contributed by atoms with van der Waals surface area (Å²) < 4.78 is 25.3. The molecule has 0 aromatic heterocycles. The Bertz CT molecular complexity index is 312. The van der Waals surface area contributed by atoms with Gasteiger partial charge < -0.3 is 5.32 Å². The molecule has 1 saturated carbocycles. The van der Waals surface area contributed by atoms with Crippen molar-refractivity contribution >= 4 is 10.0 Å². The Balaban J connectivity index is 2.22. The van der Waals surface area contributed by atoms with Crippen LogP contribution in [0.15, 0.2) is 0 Å². The van der Waals surface area contributed by atoms with E-state index in [0.717, 1.165) is 12.8 Å². The van der Waals surface area contributed by atoms with Crippen LogP contribution in [0.1, 0.15) is 40.0 Å². The standard InChI is InChI=1S/C11H24N2O2S/c1-4-13-16(14,15)8-7-12-10-5-6-11(2,3)9-10/h10,12-13H,4-9H2,1-3H3. The Morgan fingerprint density at radius 3 is 2.56 bits per heavy atom. The van der Waals surface area contributed by atoms with Crippen LogP contribution < -0.4 is 10.0 Å². The maximum absolute atomic E-state index is 11.4. The zero-order valence-corrected chi connectivity index (χ0v) is 11.4. The van der Waals surface area contributed by atoms with Gasteiger partial charge in [-0.2, -0.15) is 0 Å². The van der Waals surface area contributed by atoms with E-state index in [1.807, 2.05) is 0 Å². The third-order valence-corrected chi connectivity index (χ3v) is 4.61. The topological polar surface area (TPSA) is 58.2 Å². The van der Waals surface area contributed by atoms with Gasteiger partial charge in [0.25, 0.3) is 0 Å². The van der Waals surface area contributed by atoms with E-state index >= 15 is 0 Å². The Hall–Kier alpha value is -0.130. The number of hydrogen-bond donors (Lipinski definition) is 2. The SMILES string of the molecule is CCNS(=O)(=O)CCNC1CCC(C)(C)C1. The normalized spacial score (nSPS) is 24.8. The molecule has 1 unspecified atom stereocenters. The minimum atomic E-state index is -3.06. The molecule has 2 N–H and O–H groups in total. The number of hydrogen-bond acceptors (Lipinski definition) is 3. The highest BCUT2D eigenvalue weighted by molar-refractivity contribution is 7.89. The molecule has 4 nitrogen and oxygen atoms in total. The summed E-state index contributed by atoms with van der Waals surface area (Å²) in [5.41, 5.74) is 0.415. The summed E-state index contributed by atoms with van der Waals surface area (Å²) in [4.78, 5) is 0. The van der Waals surface area contributed by atoms with Gasteiger partial charge in [0.15, 0.2) is 0 Å². The number of sulfonamides is 1. The second kappa shape index (κ2) is 5.47. The van der Waals surface area contributed by atoms with Crippen LogP contribution in [0.5, 0.6) is 0 Å². The van der Waals surface area contributed by atoms with Gasteiger partial charge in [-0.1, -0.05) is 20.8 Å². The van der Waals surface area contributed by atoms with Crippen molar-refractivity contribution in [3.8, 4) is 0 Å². The fourth-order valence-corrected chi connectivity index (χ4v) is 3.27. The van der Waals surface area contributed by atoms with Crippen LogP contribution in [-0.4, -0.2) is 33.3 Å². The second-order valence-electron chi connectivity index (χ2n) is 5.37. The van der Waals surface area contributed by atoms with Crippen molar-refractivity contribution in [2.24, 2.45) is 5.41 Å². The Morgan fingerprint density at radius 2 is 2.06 bits per heavy atom. The summed E-state index contributed by atoms with van der Waals surface area (Å²) in [6.45, 7) is 7.35. The summed E-state index contributed by atoms with van der Waals surface area (Å²) in [6.07, 6.45) is 3.53. The zero-order chi connectivity index (χ0) is 12.2. The first-order valence-electron chi connectivity index (χ1n) is 6.05. The van der Waals surface area contributed by atoms with Gasteiger partial charge in [-0.3, -0.25) is 0 Å². The van der Waals surface area contributed by atoms with Crippen LogP contribution in [0.25, 0.3) is 0 Å². The first-order chi connectivity index (χ1) is 7.35. The highest BCUT2D eigenvalue weighted by Gasteiger charge is 2.30. The highest BCUT2D eigenvalue weighted by atomic mass is 32.2. The molecule has 1 aliphatic rings. The van der Waals surface area contributed by atoms with Crippen molar-refractivity contribution in [1.29, 1.82) is 0 Å². The largest absolute Gasteiger partial charge is 0.313 e. The van der Waals surface area contributed by atoms with E-state index in [-0.39, 0.29) is 5.75 Å².